The molecular weight excluding hydrogens is 638 g/mol. The fourth-order valence-corrected chi connectivity index (χ4v) is 8.08. The van der Waals surface area contributed by atoms with Crippen LogP contribution < -0.4 is 14.5 Å². The van der Waals surface area contributed by atoms with Crippen molar-refractivity contribution < 1.29 is 14.3 Å². The summed E-state index contributed by atoms with van der Waals surface area (Å²) in [6.45, 7) is 4.53. The normalized spacial score (nSPS) is 23.7. The van der Waals surface area contributed by atoms with Crippen LogP contribution in [-0.2, 0) is 22.5 Å². The Bertz CT molecular complexity index is 1900. The summed E-state index contributed by atoms with van der Waals surface area (Å²) in [5, 5.41) is 12.7. The Morgan fingerprint density at radius 3 is 2.63 bits per heavy atom. The standard InChI is InChI=1S/C38H40ClN7O3/c1-43-18-7-12-28(43)24-48-38-41-31-23-44(32-14-6-11-25-10-5-13-30(39)33(25)32)19-16-29(31)36(42-38)45-20-21-46(27(22-45)15-17-40)37(47)35-34(49-35)26-8-3-2-4-9-26/h2-6,8-11,13-14,27-28,34-35H,7,12,15-16,18-24H2,1H3/t27-,28-,34-,35+/m0/s1. The van der Waals surface area contributed by atoms with E-state index in [4.69, 9.17) is 31.0 Å². The summed E-state index contributed by atoms with van der Waals surface area (Å²) < 4.78 is 12.2. The van der Waals surface area contributed by atoms with Crippen LogP contribution in [0.4, 0.5) is 11.5 Å². The molecule has 4 aliphatic heterocycles. The van der Waals surface area contributed by atoms with Crippen LogP contribution >= 0.6 is 11.6 Å². The van der Waals surface area contributed by atoms with Crippen LogP contribution in [0, 0.1) is 11.3 Å². The molecule has 4 aliphatic rings. The second-order valence-corrected chi connectivity index (χ2v) is 13.9. The molecule has 0 aliphatic carbocycles. The Morgan fingerprint density at radius 2 is 1.84 bits per heavy atom. The average molecular weight is 678 g/mol. The monoisotopic (exact) mass is 677 g/mol. The lowest BCUT2D eigenvalue weighted by molar-refractivity contribution is -0.135. The van der Waals surface area contributed by atoms with Crippen molar-refractivity contribution in [3.05, 3.63) is 88.6 Å². The number of amides is 1. The summed E-state index contributed by atoms with van der Waals surface area (Å²) in [4.78, 5) is 32.5. The Hall–Kier alpha value is -4.43. The van der Waals surface area contributed by atoms with Gasteiger partial charge in [0.1, 0.15) is 18.5 Å². The number of carbonyl (C=O) groups excluding carboxylic acids is 1. The molecular formula is C38H40ClN7O3. The van der Waals surface area contributed by atoms with E-state index in [0.717, 1.165) is 76.5 Å². The van der Waals surface area contributed by atoms with Crippen LogP contribution in [0.5, 0.6) is 6.01 Å². The van der Waals surface area contributed by atoms with Crippen molar-refractivity contribution in [2.75, 3.05) is 56.2 Å². The average Bonchev–Trinajstić information content (AvgIpc) is 3.83. The molecule has 4 aromatic rings. The van der Waals surface area contributed by atoms with Crippen molar-refractivity contribution in [3.63, 3.8) is 0 Å². The molecule has 8 rings (SSSR count). The largest absolute Gasteiger partial charge is 0.462 e. The van der Waals surface area contributed by atoms with E-state index in [0.29, 0.717) is 44.8 Å². The number of likely N-dealkylation sites (N-methyl/N-ethyl adjacent to an activating group) is 1. The molecule has 0 unspecified atom stereocenters. The van der Waals surface area contributed by atoms with Crippen molar-refractivity contribution in [1.82, 2.24) is 19.8 Å². The lowest BCUT2D eigenvalue weighted by Gasteiger charge is -2.42. The highest BCUT2D eigenvalue weighted by Crippen LogP contribution is 2.41. The van der Waals surface area contributed by atoms with Gasteiger partial charge in [0, 0.05) is 48.9 Å². The van der Waals surface area contributed by atoms with Crippen LogP contribution in [0.1, 0.15) is 42.2 Å². The number of hydrogen-bond acceptors (Lipinski definition) is 9. The van der Waals surface area contributed by atoms with Gasteiger partial charge >= 0.3 is 6.01 Å². The number of likely N-dealkylation sites (tertiary alicyclic amines) is 1. The maximum Gasteiger partial charge on any atom is 0.318 e. The predicted molar refractivity (Wildman–Crippen MR) is 189 cm³/mol. The number of epoxide rings is 1. The van der Waals surface area contributed by atoms with Gasteiger partial charge in [-0.3, -0.25) is 4.79 Å². The van der Waals surface area contributed by atoms with Crippen molar-refractivity contribution in [2.24, 2.45) is 0 Å². The number of halogens is 1. The quantitative estimate of drug-likeness (QED) is 0.227. The van der Waals surface area contributed by atoms with Gasteiger partial charge in [0.05, 0.1) is 35.8 Å². The molecule has 1 amide bonds. The number of nitriles is 1. The van der Waals surface area contributed by atoms with Gasteiger partial charge in [-0.1, -0.05) is 66.2 Å². The number of aromatic nitrogens is 2. The third kappa shape index (κ3) is 6.27. The minimum absolute atomic E-state index is 0.0486. The zero-order chi connectivity index (χ0) is 33.5. The number of anilines is 2. The molecule has 5 heterocycles. The van der Waals surface area contributed by atoms with E-state index in [1.54, 1.807) is 0 Å². The first-order chi connectivity index (χ1) is 24.0. The second-order valence-electron chi connectivity index (χ2n) is 13.5. The molecule has 1 aromatic heterocycles. The molecule has 0 saturated carbocycles. The highest BCUT2D eigenvalue weighted by atomic mass is 35.5. The van der Waals surface area contributed by atoms with E-state index in [1.807, 2.05) is 47.4 Å². The van der Waals surface area contributed by atoms with Crippen LogP contribution in [0.3, 0.4) is 0 Å². The predicted octanol–water partition coefficient (Wildman–Crippen LogP) is 5.39. The van der Waals surface area contributed by atoms with Crippen molar-refractivity contribution in [2.45, 2.75) is 56.5 Å². The molecule has 0 N–H and O–H groups in total. The maximum atomic E-state index is 13.7. The lowest BCUT2D eigenvalue weighted by Crippen LogP contribution is -2.56. The first-order valence-electron chi connectivity index (χ1n) is 17.3. The van der Waals surface area contributed by atoms with Gasteiger partial charge in [0.15, 0.2) is 6.10 Å². The van der Waals surface area contributed by atoms with E-state index in [2.05, 4.69) is 52.1 Å². The Labute approximate surface area is 291 Å². The number of piperazine rings is 1. The van der Waals surface area contributed by atoms with Crippen LogP contribution in [0.25, 0.3) is 10.8 Å². The smallest absolute Gasteiger partial charge is 0.318 e. The fourth-order valence-electron chi connectivity index (χ4n) is 7.80. The first kappa shape index (κ1) is 31.8. The molecule has 3 fully saturated rings. The molecule has 0 radical (unpaired) electrons. The van der Waals surface area contributed by atoms with Crippen molar-refractivity contribution in [1.29, 1.82) is 5.26 Å². The van der Waals surface area contributed by atoms with Gasteiger partial charge in [0.2, 0.25) is 0 Å². The topological polar surface area (TPSA) is 101 Å². The Balaban J connectivity index is 1.07. The highest BCUT2D eigenvalue weighted by molar-refractivity contribution is 6.36. The third-order valence-electron chi connectivity index (χ3n) is 10.5. The summed E-state index contributed by atoms with van der Waals surface area (Å²) in [5.74, 6) is 0.794. The van der Waals surface area contributed by atoms with E-state index < -0.39 is 6.10 Å². The van der Waals surface area contributed by atoms with Gasteiger partial charge in [0.25, 0.3) is 5.91 Å². The zero-order valence-corrected chi connectivity index (χ0v) is 28.4. The molecule has 0 bridgehead atoms. The van der Waals surface area contributed by atoms with Gasteiger partial charge in [-0.05, 0) is 55.9 Å². The third-order valence-corrected chi connectivity index (χ3v) is 10.8. The van der Waals surface area contributed by atoms with Crippen LogP contribution in [-0.4, -0.2) is 90.2 Å². The SMILES string of the molecule is CN1CCC[C@H]1COc1nc2c(c(N3CCN(C(=O)[C@@H]4O[C@H]4c4ccccc4)[C@@H](CC#N)C3)n1)CCN(c1cccc3cccc(Cl)c13)C2. The van der Waals surface area contributed by atoms with Crippen molar-refractivity contribution >= 4 is 39.8 Å². The zero-order valence-electron chi connectivity index (χ0n) is 27.7. The molecule has 252 valence electrons. The molecule has 4 atom stereocenters. The number of rotatable bonds is 8. The Morgan fingerprint density at radius 1 is 1.00 bits per heavy atom. The molecule has 3 saturated heterocycles. The minimum atomic E-state index is -0.510. The molecule has 11 heteroatoms. The number of benzene rings is 3. The number of hydrogen-bond donors (Lipinski definition) is 0. The highest BCUT2D eigenvalue weighted by Gasteiger charge is 2.49. The van der Waals surface area contributed by atoms with E-state index >= 15 is 0 Å². The van der Waals surface area contributed by atoms with Gasteiger partial charge in [-0.2, -0.15) is 15.2 Å². The fraction of sp³-hybridized carbons (Fsp3) is 0.421. The first-order valence-corrected chi connectivity index (χ1v) is 17.6. The molecule has 10 nitrogen and oxygen atoms in total. The lowest BCUT2D eigenvalue weighted by atomic mass is 10.0. The maximum absolute atomic E-state index is 13.7. The van der Waals surface area contributed by atoms with Gasteiger partial charge < -0.3 is 29.1 Å². The van der Waals surface area contributed by atoms with E-state index in [-0.39, 0.29) is 24.5 Å². The van der Waals surface area contributed by atoms with E-state index in [9.17, 15) is 10.1 Å². The second kappa shape index (κ2) is 13.5. The molecule has 49 heavy (non-hydrogen) atoms. The summed E-state index contributed by atoms with van der Waals surface area (Å²) in [6.07, 6.45) is 2.47. The van der Waals surface area contributed by atoms with Crippen LogP contribution in [0.15, 0.2) is 66.7 Å². The summed E-state index contributed by atoms with van der Waals surface area (Å²) in [6, 6.07) is 24.9. The molecule has 3 aromatic carbocycles. The minimum Gasteiger partial charge on any atom is -0.462 e. The summed E-state index contributed by atoms with van der Waals surface area (Å²) in [7, 11) is 2.14. The Kier molecular flexibility index (Phi) is 8.74. The number of fused-ring (bicyclic) bond motifs is 2. The summed E-state index contributed by atoms with van der Waals surface area (Å²) in [5.41, 5.74) is 4.11. The number of ether oxygens (including phenoxy) is 2. The summed E-state index contributed by atoms with van der Waals surface area (Å²) >= 11 is 6.74. The number of carbonyl (C=O) groups is 1. The van der Waals surface area contributed by atoms with Gasteiger partial charge in [-0.15, -0.1) is 0 Å². The van der Waals surface area contributed by atoms with E-state index in [1.165, 1.54) is 0 Å². The molecule has 0 spiro atoms. The van der Waals surface area contributed by atoms with Gasteiger partial charge in [-0.25, -0.2) is 0 Å². The van der Waals surface area contributed by atoms with Crippen LogP contribution in [0.2, 0.25) is 5.02 Å². The number of nitrogens with zero attached hydrogens (tertiary/aromatic N) is 7. The van der Waals surface area contributed by atoms with Crippen molar-refractivity contribution in [3.8, 4) is 12.1 Å².